The summed E-state index contributed by atoms with van der Waals surface area (Å²) in [6.07, 6.45) is 1.24. The van der Waals surface area contributed by atoms with Crippen LogP contribution >= 0.6 is 11.8 Å². The van der Waals surface area contributed by atoms with Crippen molar-refractivity contribution in [3.05, 3.63) is 33.9 Å². The van der Waals surface area contributed by atoms with Gasteiger partial charge in [-0.25, -0.2) is 0 Å². The lowest BCUT2D eigenvalue weighted by atomic mass is 10.1. The lowest BCUT2D eigenvalue weighted by molar-refractivity contribution is -0.384. The molecule has 1 aromatic carbocycles. The first kappa shape index (κ1) is 17.0. The smallest absolute Gasteiger partial charge is 0.293 e. The van der Waals surface area contributed by atoms with E-state index in [1.54, 1.807) is 12.1 Å². The lowest BCUT2D eigenvalue weighted by Gasteiger charge is -2.38. The van der Waals surface area contributed by atoms with E-state index in [9.17, 15) is 14.9 Å². The third kappa shape index (κ3) is 3.49. The van der Waals surface area contributed by atoms with E-state index in [-0.39, 0.29) is 11.6 Å². The van der Waals surface area contributed by atoms with Crippen molar-refractivity contribution in [2.45, 2.75) is 12.5 Å². The van der Waals surface area contributed by atoms with Crippen molar-refractivity contribution in [2.24, 2.45) is 0 Å². The number of piperazine rings is 1. The molecule has 2 saturated heterocycles. The molecular formula is C16H22N4O3S. The second-order valence-corrected chi connectivity index (χ2v) is 7.23. The highest BCUT2D eigenvalue weighted by molar-refractivity contribution is 7.99. The predicted molar refractivity (Wildman–Crippen MR) is 96.0 cm³/mol. The number of nitro benzene ring substituents is 1. The van der Waals surface area contributed by atoms with E-state index >= 15 is 0 Å². The first-order valence-corrected chi connectivity index (χ1v) is 9.33. The van der Waals surface area contributed by atoms with Crippen LogP contribution in [0.4, 0.5) is 11.4 Å². The van der Waals surface area contributed by atoms with Gasteiger partial charge in [0.2, 0.25) is 0 Å². The summed E-state index contributed by atoms with van der Waals surface area (Å²) in [4.78, 5) is 27.3. The number of anilines is 1. The fraction of sp³-hybridized carbons (Fsp3) is 0.562. The molecule has 1 N–H and O–H groups in total. The van der Waals surface area contributed by atoms with E-state index in [1.807, 2.05) is 11.8 Å². The molecule has 0 bridgehead atoms. The maximum absolute atomic E-state index is 11.7. The van der Waals surface area contributed by atoms with Gasteiger partial charge in [-0.2, -0.15) is 11.8 Å². The summed E-state index contributed by atoms with van der Waals surface area (Å²) in [5, 5.41) is 13.9. The molecule has 3 rings (SSSR count). The minimum absolute atomic E-state index is 0.000900. The molecule has 0 aliphatic carbocycles. The van der Waals surface area contributed by atoms with E-state index < -0.39 is 4.92 Å². The molecule has 0 saturated carbocycles. The number of amides is 1. The largest absolute Gasteiger partial charge is 0.363 e. The summed E-state index contributed by atoms with van der Waals surface area (Å²) < 4.78 is 0. The minimum atomic E-state index is -0.401. The highest BCUT2D eigenvalue weighted by Crippen LogP contribution is 2.31. The molecular weight excluding hydrogens is 328 g/mol. The summed E-state index contributed by atoms with van der Waals surface area (Å²) in [7, 11) is 1.52. The summed E-state index contributed by atoms with van der Waals surface area (Å²) in [6, 6.07) is 5.38. The number of thioether (sulfide) groups is 1. The Balaban J connectivity index is 1.74. The molecule has 2 aliphatic rings. The molecule has 7 nitrogen and oxygen atoms in total. The average molecular weight is 350 g/mol. The Bertz CT molecular complexity index is 626. The Hall–Kier alpha value is -1.80. The van der Waals surface area contributed by atoms with Crippen molar-refractivity contribution in [1.82, 2.24) is 10.2 Å². The van der Waals surface area contributed by atoms with Gasteiger partial charge in [0, 0.05) is 56.7 Å². The van der Waals surface area contributed by atoms with Crippen LogP contribution in [0.5, 0.6) is 0 Å². The molecule has 24 heavy (non-hydrogen) atoms. The Morgan fingerprint density at radius 3 is 2.67 bits per heavy atom. The van der Waals surface area contributed by atoms with E-state index in [2.05, 4.69) is 15.1 Å². The molecule has 2 aliphatic heterocycles. The molecule has 0 spiro atoms. The number of carbonyl (C=O) groups excluding carboxylic acids is 1. The number of rotatable bonds is 4. The van der Waals surface area contributed by atoms with Crippen molar-refractivity contribution in [2.75, 3.05) is 49.6 Å². The van der Waals surface area contributed by atoms with Crippen molar-refractivity contribution < 1.29 is 9.72 Å². The van der Waals surface area contributed by atoms with Crippen molar-refractivity contribution in [3.8, 4) is 0 Å². The average Bonchev–Trinajstić information content (AvgIpc) is 3.15. The third-order valence-electron chi connectivity index (χ3n) is 4.74. The first-order chi connectivity index (χ1) is 11.6. The molecule has 8 heteroatoms. The zero-order valence-corrected chi connectivity index (χ0v) is 14.6. The van der Waals surface area contributed by atoms with Crippen LogP contribution in [0.3, 0.4) is 0 Å². The highest BCUT2D eigenvalue weighted by Gasteiger charge is 2.29. The van der Waals surface area contributed by atoms with E-state index in [1.165, 1.54) is 31.0 Å². The molecule has 0 unspecified atom stereocenters. The standard InChI is InChI=1S/C16H22N4O3S/c1-17-16(21)12-2-3-14(15(10-12)20(22)23)19-7-5-18(6-8-19)13-4-9-24-11-13/h2-3,10,13H,4-9,11H2,1H3,(H,17,21)/t13-/m1/s1. The van der Waals surface area contributed by atoms with Crippen LogP contribution in [0.25, 0.3) is 0 Å². The molecule has 0 aromatic heterocycles. The molecule has 1 amide bonds. The van der Waals surface area contributed by atoms with Gasteiger partial charge in [0.1, 0.15) is 5.69 Å². The van der Waals surface area contributed by atoms with Crippen molar-refractivity contribution in [3.63, 3.8) is 0 Å². The third-order valence-corrected chi connectivity index (χ3v) is 5.88. The number of nitrogens with one attached hydrogen (secondary N) is 1. The topological polar surface area (TPSA) is 78.7 Å². The van der Waals surface area contributed by atoms with Gasteiger partial charge in [0.05, 0.1) is 4.92 Å². The van der Waals surface area contributed by atoms with Gasteiger partial charge in [-0.15, -0.1) is 0 Å². The highest BCUT2D eigenvalue weighted by atomic mass is 32.2. The number of hydrogen-bond acceptors (Lipinski definition) is 6. The van der Waals surface area contributed by atoms with Gasteiger partial charge in [-0.1, -0.05) is 0 Å². The molecule has 1 aromatic rings. The normalized spacial score (nSPS) is 21.7. The van der Waals surface area contributed by atoms with Gasteiger partial charge in [0.25, 0.3) is 11.6 Å². The molecule has 130 valence electrons. The Morgan fingerprint density at radius 2 is 2.08 bits per heavy atom. The van der Waals surface area contributed by atoms with E-state index in [4.69, 9.17) is 0 Å². The summed E-state index contributed by atoms with van der Waals surface area (Å²) in [5.74, 6) is 2.12. The monoisotopic (exact) mass is 350 g/mol. The Morgan fingerprint density at radius 1 is 1.33 bits per heavy atom. The van der Waals surface area contributed by atoms with Crippen LogP contribution in [0.1, 0.15) is 16.8 Å². The Labute approximate surface area is 145 Å². The zero-order chi connectivity index (χ0) is 17.1. The fourth-order valence-corrected chi connectivity index (χ4v) is 4.62. The number of benzene rings is 1. The summed E-state index contributed by atoms with van der Waals surface area (Å²) >= 11 is 2.00. The molecule has 1 atom stereocenters. The predicted octanol–water partition coefficient (Wildman–Crippen LogP) is 1.58. The van der Waals surface area contributed by atoms with Crippen molar-refractivity contribution >= 4 is 29.0 Å². The Kier molecular flexibility index (Phi) is 5.25. The number of hydrogen-bond donors (Lipinski definition) is 1. The lowest BCUT2D eigenvalue weighted by Crippen LogP contribution is -2.50. The van der Waals surface area contributed by atoms with Crippen LogP contribution in [-0.2, 0) is 0 Å². The van der Waals surface area contributed by atoms with E-state index in [0.29, 0.717) is 17.3 Å². The molecule has 2 heterocycles. The first-order valence-electron chi connectivity index (χ1n) is 8.17. The second-order valence-electron chi connectivity index (χ2n) is 6.08. The van der Waals surface area contributed by atoms with Gasteiger partial charge < -0.3 is 10.2 Å². The van der Waals surface area contributed by atoms with Gasteiger partial charge in [-0.3, -0.25) is 19.8 Å². The molecule has 0 radical (unpaired) electrons. The number of nitrogens with zero attached hydrogens (tertiary/aromatic N) is 3. The zero-order valence-electron chi connectivity index (χ0n) is 13.7. The maximum Gasteiger partial charge on any atom is 0.293 e. The van der Waals surface area contributed by atoms with Crippen LogP contribution in [0.15, 0.2) is 18.2 Å². The van der Waals surface area contributed by atoms with Crippen LogP contribution in [-0.4, -0.2) is 66.5 Å². The van der Waals surface area contributed by atoms with Crippen molar-refractivity contribution in [1.29, 1.82) is 0 Å². The van der Waals surface area contributed by atoms with E-state index in [0.717, 1.165) is 26.2 Å². The fourth-order valence-electron chi connectivity index (χ4n) is 3.36. The van der Waals surface area contributed by atoms with Gasteiger partial charge >= 0.3 is 0 Å². The molecule has 2 fully saturated rings. The summed E-state index contributed by atoms with van der Waals surface area (Å²) in [5.41, 5.74) is 0.920. The van der Waals surface area contributed by atoms with Gasteiger partial charge in [0.15, 0.2) is 0 Å². The second kappa shape index (κ2) is 7.40. The van der Waals surface area contributed by atoms with Crippen LogP contribution < -0.4 is 10.2 Å². The van der Waals surface area contributed by atoms with Crippen LogP contribution in [0, 0.1) is 10.1 Å². The maximum atomic E-state index is 11.7. The quantitative estimate of drug-likeness (QED) is 0.656. The van der Waals surface area contributed by atoms with Crippen LogP contribution in [0.2, 0.25) is 0 Å². The number of carbonyl (C=O) groups is 1. The summed E-state index contributed by atoms with van der Waals surface area (Å²) in [6.45, 7) is 3.42. The number of nitro groups is 1. The minimum Gasteiger partial charge on any atom is -0.363 e. The SMILES string of the molecule is CNC(=O)c1ccc(N2CCN([C@@H]3CCSC3)CC2)c([N+](=O)[O-])c1. The van der Waals surface area contributed by atoms with Gasteiger partial charge in [-0.05, 0) is 24.3 Å².